The first-order chi connectivity index (χ1) is 35.5. The maximum Gasteiger partial charge on any atom is 0.0541 e. The molecule has 72 heavy (non-hydrogen) atoms. The molecule has 0 radical (unpaired) electrons. The minimum atomic E-state index is -0.259. The number of hydrogen-bond acceptors (Lipinski definition) is 1. The largest absolute Gasteiger partial charge is 0.310 e. The van der Waals surface area contributed by atoms with Gasteiger partial charge in [-0.2, -0.15) is 0 Å². The van der Waals surface area contributed by atoms with Crippen LogP contribution in [-0.2, 0) is 5.41 Å². The van der Waals surface area contributed by atoms with Crippen LogP contribution in [0.25, 0.3) is 99.5 Å². The average molecular weight is 920 g/mol. The number of fused-ring (bicyclic) bond motifs is 9. The topological polar surface area (TPSA) is 13.1 Å². The van der Waals surface area contributed by atoms with Crippen molar-refractivity contribution < 1.29 is 0 Å². The van der Waals surface area contributed by atoms with Crippen LogP contribution in [0.5, 0.6) is 0 Å². The number of hydrogen-bond donors (Lipinski definition) is 0. The summed E-state index contributed by atoms with van der Waals surface area (Å²) in [4.78, 5) is 2.40. The number of anilines is 3. The van der Waals surface area contributed by atoms with Crippen molar-refractivity contribution in [2.24, 2.45) is 0 Å². The van der Waals surface area contributed by atoms with Crippen LogP contribution < -0.4 is 4.90 Å². The standard InChI is InChI=1S/C69H49N3/c1-69(2)63-44-55(70(53-32-26-48(27-33-53)46-16-6-3-7-17-46)54-34-28-49(29-35-54)47-18-8-4-9-19-47)36-38-57(63)58-39-37-56(45-64(58)69)72-66-25-15-13-23-60(66)62-43-51(31-41-68(62)72)50-30-40-67-61(42-50)59-22-12-14-24-65(59)71(67)52-20-10-5-11-21-52/h3-45H,1-2H3. The zero-order valence-electron chi connectivity index (χ0n) is 40.2. The van der Waals surface area contributed by atoms with E-state index < -0.39 is 0 Å². The third-order valence-corrected chi connectivity index (χ3v) is 15.3. The SMILES string of the molecule is CC1(C)c2cc(N(c3ccc(-c4ccccc4)cc3)c3ccc(-c4ccccc4)cc3)ccc2-c2ccc(-n3c4ccccc4c4cc(-c5ccc6c(c5)c5ccccc5n6-c5ccccc5)ccc43)cc21. The lowest BCUT2D eigenvalue weighted by atomic mass is 9.82. The quantitative estimate of drug-likeness (QED) is 0.148. The molecule has 1 aliphatic carbocycles. The molecule has 0 fully saturated rings. The Bertz CT molecular complexity index is 4120. The molecule has 340 valence electrons. The molecule has 11 aromatic carbocycles. The molecule has 0 bridgehead atoms. The highest BCUT2D eigenvalue weighted by Crippen LogP contribution is 2.52. The molecule has 0 saturated heterocycles. The van der Waals surface area contributed by atoms with Gasteiger partial charge in [-0.05, 0) is 153 Å². The zero-order valence-corrected chi connectivity index (χ0v) is 40.2. The smallest absolute Gasteiger partial charge is 0.0541 e. The Hall–Kier alpha value is -9.18. The Morgan fingerprint density at radius 3 is 1.19 bits per heavy atom. The summed E-state index contributed by atoms with van der Waals surface area (Å²) in [6.07, 6.45) is 0. The average Bonchev–Trinajstić information content (AvgIpc) is 4.04. The Balaban J connectivity index is 0.844. The maximum atomic E-state index is 2.47. The van der Waals surface area contributed by atoms with E-state index in [-0.39, 0.29) is 5.41 Å². The van der Waals surface area contributed by atoms with Gasteiger partial charge >= 0.3 is 0 Å². The summed E-state index contributed by atoms with van der Waals surface area (Å²) in [5, 5.41) is 5.01. The van der Waals surface area contributed by atoms with Crippen LogP contribution >= 0.6 is 0 Å². The van der Waals surface area contributed by atoms with Gasteiger partial charge in [0.15, 0.2) is 0 Å². The van der Waals surface area contributed by atoms with Crippen molar-refractivity contribution >= 4 is 60.7 Å². The minimum absolute atomic E-state index is 0.259. The monoisotopic (exact) mass is 919 g/mol. The molecule has 0 saturated carbocycles. The first-order valence-electron chi connectivity index (χ1n) is 25.0. The number of benzene rings is 11. The van der Waals surface area contributed by atoms with E-state index in [1.165, 1.54) is 111 Å². The zero-order chi connectivity index (χ0) is 47.9. The summed E-state index contributed by atoms with van der Waals surface area (Å²) in [6, 6.07) is 95.8. The van der Waals surface area contributed by atoms with Crippen LogP contribution in [0, 0.1) is 0 Å². The molecule has 0 atom stereocenters. The van der Waals surface area contributed by atoms with E-state index in [0.29, 0.717) is 0 Å². The van der Waals surface area contributed by atoms with Crippen LogP contribution in [-0.4, -0.2) is 9.13 Å². The van der Waals surface area contributed by atoms with Gasteiger partial charge in [0.2, 0.25) is 0 Å². The maximum absolute atomic E-state index is 2.47. The number of nitrogens with zero attached hydrogens (tertiary/aromatic N) is 3. The second kappa shape index (κ2) is 16.5. The second-order valence-electron chi connectivity index (χ2n) is 19.8. The third-order valence-electron chi connectivity index (χ3n) is 15.3. The van der Waals surface area contributed by atoms with Crippen LogP contribution in [0.2, 0.25) is 0 Å². The third kappa shape index (κ3) is 6.66. The summed E-state index contributed by atoms with van der Waals surface area (Å²) in [5.41, 5.74) is 22.8. The Labute approximate surface area is 419 Å². The Morgan fingerprint density at radius 1 is 0.278 bits per heavy atom. The van der Waals surface area contributed by atoms with Gasteiger partial charge in [-0.3, -0.25) is 0 Å². The normalized spacial score (nSPS) is 12.7. The fraction of sp³-hybridized carbons (Fsp3) is 0.0435. The molecule has 0 spiro atoms. The predicted octanol–water partition coefficient (Wildman–Crippen LogP) is 18.7. The van der Waals surface area contributed by atoms with Gasteiger partial charge in [-0.25, -0.2) is 0 Å². The highest BCUT2D eigenvalue weighted by atomic mass is 15.1. The van der Waals surface area contributed by atoms with Crippen molar-refractivity contribution in [1.29, 1.82) is 0 Å². The second-order valence-corrected chi connectivity index (χ2v) is 19.8. The van der Waals surface area contributed by atoms with E-state index in [4.69, 9.17) is 0 Å². The molecule has 13 aromatic rings. The summed E-state index contributed by atoms with van der Waals surface area (Å²) in [5.74, 6) is 0. The molecule has 0 amide bonds. The molecule has 3 heteroatoms. The van der Waals surface area contributed by atoms with Crippen LogP contribution in [0.1, 0.15) is 25.0 Å². The van der Waals surface area contributed by atoms with Gasteiger partial charge in [0.25, 0.3) is 0 Å². The highest BCUT2D eigenvalue weighted by Gasteiger charge is 2.37. The number of rotatable bonds is 8. The van der Waals surface area contributed by atoms with Gasteiger partial charge in [-0.1, -0.05) is 178 Å². The lowest BCUT2D eigenvalue weighted by molar-refractivity contribution is 0.660. The fourth-order valence-corrected chi connectivity index (χ4v) is 11.7. The minimum Gasteiger partial charge on any atom is -0.310 e. The summed E-state index contributed by atoms with van der Waals surface area (Å²) in [7, 11) is 0. The molecule has 1 aliphatic rings. The number of para-hydroxylation sites is 3. The van der Waals surface area contributed by atoms with Crippen LogP contribution in [0.3, 0.4) is 0 Å². The van der Waals surface area contributed by atoms with Crippen molar-refractivity contribution in [3.05, 3.63) is 272 Å². The number of aromatic nitrogens is 2. The first kappa shape index (κ1) is 41.8. The van der Waals surface area contributed by atoms with E-state index in [2.05, 4.69) is 289 Å². The van der Waals surface area contributed by atoms with Crippen molar-refractivity contribution in [3.8, 4) is 55.9 Å². The Kier molecular flexibility index (Phi) is 9.56. The molecule has 14 rings (SSSR count). The lowest BCUT2D eigenvalue weighted by Gasteiger charge is -2.28. The van der Waals surface area contributed by atoms with Gasteiger partial charge in [0, 0.05) is 55.4 Å². The van der Waals surface area contributed by atoms with Crippen molar-refractivity contribution in [2.75, 3.05) is 4.90 Å². The first-order valence-corrected chi connectivity index (χ1v) is 25.0. The highest BCUT2D eigenvalue weighted by molar-refractivity contribution is 6.13. The van der Waals surface area contributed by atoms with Gasteiger partial charge in [0.1, 0.15) is 0 Å². The molecule has 3 nitrogen and oxygen atoms in total. The molecule has 2 heterocycles. The Morgan fingerprint density at radius 2 is 0.667 bits per heavy atom. The van der Waals surface area contributed by atoms with Crippen molar-refractivity contribution in [1.82, 2.24) is 9.13 Å². The summed E-state index contributed by atoms with van der Waals surface area (Å²) in [6.45, 7) is 4.79. The van der Waals surface area contributed by atoms with Gasteiger partial charge in [-0.15, -0.1) is 0 Å². The molecule has 2 aromatic heterocycles. The van der Waals surface area contributed by atoms with Gasteiger partial charge < -0.3 is 14.0 Å². The summed E-state index contributed by atoms with van der Waals surface area (Å²) < 4.78 is 4.85. The van der Waals surface area contributed by atoms with E-state index in [1.54, 1.807) is 0 Å². The van der Waals surface area contributed by atoms with E-state index >= 15 is 0 Å². The molecule has 0 unspecified atom stereocenters. The van der Waals surface area contributed by atoms with Gasteiger partial charge in [0.05, 0.1) is 22.1 Å². The fourth-order valence-electron chi connectivity index (χ4n) is 11.7. The summed E-state index contributed by atoms with van der Waals surface area (Å²) >= 11 is 0. The molecular formula is C69H49N3. The van der Waals surface area contributed by atoms with Crippen molar-refractivity contribution in [2.45, 2.75) is 19.3 Å². The molecular weight excluding hydrogens is 871 g/mol. The predicted molar refractivity (Wildman–Crippen MR) is 304 cm³/mol. The van der Waals surface area contributed by atoms with E-state index in [0.717, 1.165) is 17.1 Å². The molecule has 0 aliphatic heterocycles. The lowest BCUT2D eigenvalue weighted by Crippen LogP contribution is -2.17. The van der Waals surface area contributed by atoms with Crippen LogP contribution in [0.4, 0.5) is 17.1 Å². The van der Waals surface area contributed by atoms with Crippen molar-refractivity contribution in [3.63, 3.8) is 0 Å². The molecule has 0 N–H and O–H groups in total. The van der Waals surface area contributed by atoms with E-state index in [9.17, 15) is 0 Å². The van der Waals surface area contributed by atoms with Crippen LogP contribution in [0.15, 0.2) is 261 Å². The van der Waals surface area contributed by atoms with E-state index in [1.807, 2.05) is 0 Å².